The van der Waals surface area contributed by atoms with E-state index in [2.05, 4.69) is 26.6 Å². The standard InChI is InChI=1S/C18H19BrN2O2/c1-12(2)11-20-17(22)13-6-8-14(9-7-13)18(23)21-16-5-3-4-15(19)10-16/h3-10,12H,11H2,1-2H3,(H,20,22)(H,21,23). The summed E-state index contributed by atoms with van der Waals surface area (Å²) < 4.78 is 0.896. The number of benzene rings is 2. The third-order valence-corrected chi connectivity index (χ3v) is 3.66. The van der Waals surface area contributed by atoms with Gasteiger partial charge in [-0.3, -0.25) is 9.59 Å². The van der Waals surface area contributed by atoms with Gasteiger partial charge in [-0.25, -0.2) is 0 Å². The zero-order valence-electron chi connectivity index (χ0n) is 13.1. The van der Waals surface area contributed by atoms with Gasteiger partial charge < -0.3 is 10.6 Å². The van der Waals surface area contributed by atoms with Crippen LogP contribution in [-0.4, -0.2) is 18.4 Å². The predicted molar refractivity (Wildman–Crippen MR) is 95.7 cm³/mol. The van der Waals surface area contributed by atoms with E-state index in [9.17, 15) is 9.59 Å². The third-order valence-electron chi connectivity index (χ3n) is 3.16. The fourth-order valence-electron chi connectivity index (χ4n) is 1.94. The van der Waals surface area contributed by atoms with Gasteiger partial charge in [0, 0.05) is 27.8 Å². The van der Waals surface area contributed by atoms with Crippen LogP contribution in [0.4, 0.5) is 5.69 Å². The van der Waals surface area contributed by atoms with Crippen LogP contribution in [0, 0.1) is 5.92 Å². The molecule has 0 saturated heterocycles. The Morgan fingerprint density at radius 1 is 1.00 bits per heavy atom. The van der Waals surface area contributed by atoms with Gasteiger partial charge in [-0.05, 0) is 48.4 Å². The number of hydrogen-bond donors (Lipinski definition) is 2. The maximum atomic E-state index is 12.2. The van der Waals surface area contributed by atoms with E-state index >= 15 is 0 Å². The molecule has 23 heavy (non-hydrogen) atoms. The first-order chi connectivity index (χ1) is 11.0. The van der Waals surface area contributed by atoms with Gasteiger partial charge in [0.25, 0.3) is 11.8 Å². The first kappa shape index (κ1) is 17.2. The largest absolute Gasteiger partial charge is 0.352 e. The van der Waals surface area contributed by atoms with E-state index in [-0.39, 0.29) is 11.8 Å². The Morgan fingerprint density at radius 3 is 2.17 bits per heavy atom. The van der Waals surface area contributed by atoms with Crippen molar-refractivity contribution >= 4 is 33.4 Å². The molecule has 5 heteroatoms. The van der Waals surface area contributed by atoms with Crippen LogP contribution in [0.15, 0.2) is 53.0 Å². The van der Waals surface area contributed by atoms with Gasteiger partial charge in [-0.15, -0.1) is 0 Å². The summed E-state index contributed by atoms with van der Waals surface area (Å²) in [5.41, 5.74) is 1.76. The van der Waals surface area contributed by atoms with Crippen LogP contribution in [0.5, 0.6) is 0 Å². The van der Waals surface area contributed by atoms with Gasteiger partial charge in [0.05, 0.1) is 0 Å². The summed E-state index contributed by atoms with van der Waals surface area (Å²) >= 11 is 3.36. The van der Waals surface area contributed by atoms with Gasteiger partial charge in [-0.1, -0.05) is 35.8 Å². The summed E-state index contributed by atoms with van der Waals surface area (Å²) in [4.78, 5) is 24.1. The second-order valence-electron chi connectivity index (χ2n) is 5.65. The number of nitrogens with one attached hydrogen (secondary N) is 2. The van der Waals surface area contributed by atoms with E-state index in [1.807, 2.05) is 38.1 Å². The molecule has 0 aliphatic carbocycles. The average molecular weight is 375 g/mol. The summed E-state index contributed by atoms with van der Waals surface area (Å²) in [7, 11) is 0. The zero-order valence-corrected chi connectivity index (χ0v) is 14.7. The van der Waals surface area contributed by atoms with Gasteiger partial charge >= 0.3 is 0 Å². The van der Waals surface area contributed by atoms with Crippen LogP contribution >= 0.6 is 15.9 Å². The highest BCUT2D eigenvalue weighted by Gasteiger charge is 2.09. The van der Waals surface area contributed by atoms with Crippen LogP contribution in [0.1, 0.15) is 34.6 Å². The quantitative estimate of drug-likeness (QED) is 0.827. The molecule has 4 nitrogen and oxygen atoms in total. The summed E-state index contributed by atoms with van der Waals surface area (Å²) in [5.74, 6) is 0.0593. The smallest absolute Gasteiger partial charge is 0.255 e. The van der Waals surface area contributed by atoms with Crippen LogP contribution in [-0.2, 0) is 0 Å². The molecule has 0 atom stereocenters. The Kier molecular flexibility index (Phi) is 5.93. The van der Waals surface area contributed by atoms with Crippen molar-refractivity contribution in [3.8, 4) is 0 Å². The highest BCUT2D eigenvalue weighted by Crippen LogP contribution is 2.16. The van der Waals surface area contributed by atoms with Crippen LogP contribution in [0.3, 0.4) is 0 Å². The molecule has 0 radical (unpaired) electrons. The van der Waals surface area contributed by atoms with Crippen molar-refractivity contribution in [2.24, 2.45) is 5.92 Å². The van der Waals surface area contributed by atoms with Crippen molar-refractivity contribution in [2.45, 2.75) is 13.8 Å². The normalized spacial score (nSPS) is 10.4. The first-order valence-electron chi connectivity index (χ1n) is 7.41. The van der Waals surface area contributed by atoms with Crippen molar-refractivity contribution in [1.29, 1.82) is 0 Å². The molecule has 0 fully saturated rings. The number of amides is 2. The van der Waals surface area contributed by atoms with E-state index in [1.54, 1.807) is 24.3 Å². The van der Waals surface area contributed by atoms with E-state index in [4.69, 9.17) is 0 Å². The van der Waals surface area contributed by atoms with Gasteiger partial charge in [0.15, 0.2) is 0 Å². The van der Waals surface area contributed by atoms with Gasteiger partial charge in [0.1, 0.15) is 0 Å². The molecule has 0 spiro atoms. The highest BCUT2D eigenvalue weighted by molar-refractivity contribution is 9.10. The minimum atomic E-state index is -0.211. The lowest BCUT2D eigenvalue weighted by Crippen LogP contribution is -2.27. The molecule has 0 heterocycles. The minimum absolute atomic E-state index is 0.127. The van der Waals surface area contributed by atoms with Crippen molar-refractivity contribution in [2.75, 3.05) is 11.9 Å². The molecular formula is C18H19BrN2O2. The molecule has 0 aromatic heterocycles. The van der Waals surface area contributed by atoms with E-state index in [1.165, 1.54) is 0 Å². The Balaban J connectivity index is 2.01. The van der Waals surface area contributed by atoms with Crippen molar-refractivity contribution < 1.29 is 9.59 Å². The second-order valence-corrected chi connectivity index (χ2v) is 6.56. The monoisotopic (exact) mass is 374 g/mol. The van der Waals surface area contributed by atoms with E-state index in [0.717, 1.165) is 4.47 Å². The molecule has 2 amide bonds. The molecule has 0 saturated carbocycles. The summed E-state index contributed by atoms with van der Waals surface area (Å²) in [5, 5.41) is 5.67. The lowest BCUT2D eigenvalue weighted by Gasteiger charge is -2.09. The van der Waals surface area contributed by atoms with E-state index < -0.39 is 0 Å². The average Bonchev–Trinajstić information content (AvgIpc) is 2.52. The van der Waals surface area contributed by atoms with Crippen molar-refractivity contribution in [3.05, 3.63) is 64.1 Å². The SMILES string of the molecule is CC(C)CNC(=O)c1ccc(C(=O)Nc2cccc(Br)c2)cc1. The number of rotatable bonds is 5. The molecular weight excluding hydrogens is 356 g/mol. The van der Waals surface area contributed by atoms with E-state index in [0.29, 0.717) is 29.3 Å². The fourth-order valence-corrected chi connectivity index (χ4v) is 2.34. The number of anilines is 1. The highest BCUT2D eigenvalue weighted by atomic mass is 79.9. The van der Waals surface area contributed by atoms with Crippen LogP contribution in [0.2, 0.25) is 0 Å². The molecule has 120 valence electrons. The predicted octanol–water partition coefficient (Wildman–Crippen LogP) is 4.09. The molecule has 2 N–H and O–H groups in total. The lowest BCUT2D eigenvalue weighted by molar-refractivity contribution is 0.0947. The Morgan fingerprint density at radius 2 is 1.61 bits per heavy atom. The molecule has 0 aliphatic rings. The summed E-state index contributed by atoms with van der Waals surface area (Å²) in [6.45, 7) is 4.70. The maximum Gasteiger partial charge on any atom is 0.255 e. The maximum absolute atomic E-state index is 12.2. The number of carbonyl (C=O) groups is 2. The minimum Gasteiger partial charge on any atom is -0.352 e. The topological polar surface area (TPSA) is 58.2 Å². The Hall–Kier alpha value is -2.14. The Bertz CT molecular complexity index is 696. The summed E-state index contributed by atoms with van der Waals surface area (Å²) in [6, 6.07) is 14.0. The molecule has 2 aromatic rings. The second kappa shape index (κ2) is 7.92. The van der Waals surface area contributed by atoms with Gasteiger partial charge in [0.2, 0.25) is 0 Å². The Labute approximate surface area is 144 Å². The first-order valence-corrected chi connectivity index (χ1v) is 8.20. The van der Waals surface area contributed by atoms with Crippen LogP contribution in [0.25, 0.3) is 0 Å². The van der Waals surface area contributed by atoms with Crippen LogP contribution < -0.4 is 10.6 Å². The molecule has 2 rings (SSSR count). The van der Waals surface area contributed by atoms with Gasteiger partial charge in [-0.2, -0.15) is 0 Å². The molecule has 2 aromatic carbocycles. The molecule has 0 aliphatic heterocycles. The number of carbonyl (C=O) groups excluding carboxylic acids is 2. The summed E-state index contributed by atoms with van der Waals surface area (Å²) in [6.07, 6.45) is 0. The lowest BCUT2D eigenvalue weighted by atomic mass is 10.1. The third kappa shape index (κ3) is 5.21. The number of halogens is 1. The van der Waals surface area contributed by atoms with Crippen molar-refractivity contribution in [3.63, 3.8) is 0 Å². The fraction of sp³-hybridized carbons (Fsp3) is 0.222. The molecule has 0 unspecified atom stereocenters. The van der Waals surface area contributed by atoms with Crippen molar-refractivity contribution in [1.82, 2.24) is 5.32 Å². The molecule has 0 bridgehead atoms. The zero-order chi connectivity index (χ0) is 16.8. The number of hydrogen-bond acceptors (Lipinski definition) is 2.